The summed E-state index contributed by atoms with van der Waals surface area (Å²) in [6, 6.07) is 11.1. The Bertz CT molecular complexity index is 2820. The number of amides is 7. The SMILES string of the molecule is NC(=O)[C@H](CCCN=C(N)N)NC(=O)[C@H](Cc1c[nH]c2ccccc12)NC(=O)[C@H](CCCN=C(N)N)NC(=O)[C@H](Cc1ccc(O)cc1)NC(=O)[C@H](Cc1ccc(O)cc1)NC(=O)[C@H](CCCN=C(N)N)NC(=O)CC1CCCCC1. The largest absolute Gasteiger partial charge is 0.508 e. The number of hydrogen-bond donors (Lipinski definition) is 16. The van der Waals surface area contributed by atoms with Gasteiger partial charge in [0, 0.05) is 62.4 Å². The number of para-hydroxylation sites is 1. The molecule has 26 nitrogen and oxygen atoms in total. The van der Waals surface area contributed by atoms with Gasteiger partial charge in [-0.15, -0.1) is 0 Å². The van der Waals surface area contributed by atoms with E-state index in [4.69, 9.17) is 40.1 Å². The molecular weight excluding hydrogens is 1040 g/mol. The third-order valence-electron chi connectivity index (χ3n) is 13.7. The molecule has 1 aromatic heterocycles. The van der Waals surface area contributed by atoms with Crippen molar-refractivity contribution >= 4 is 70.1 Å². The molecule has 0 spiro atoms. The molecule has 0 aliphatic heterocycles. The number of nitrogens with zero attached hydrogens (tertiary/aromatic N) is 3. The normalized spacial score (nSPS) is 14.5. The van der Waals surface area contributed by atoms with Gasteiger partial charge >= 0.3 is 0 Å². The van der Waals surface area contributed by atoms with Gasteiger partial charge in [-0.25, -0.2) is 0 Å². The van der Waals surface area contributed by atoms with E-state index < -0.39 is 71.7 Å². The summed E-state index contributed by atoms with van der Waals surface area (Å²) >= 11 is 0. The number of guanidine groups is 3. The molecule has 26 heteroatoms. The van der Waals surface area contributed by atoms with Crippen LogP contribution in [0, 0.1) is 5.92 Å². The minimum atomic E-state index is -1.47. The average Bonchev–Trinajstić information content (AvgIpc) is 3.89. The lowest BCUT2D eigenvalue weighted by Crippen LogP contribution is -2.60. The number of carbonyl (C=O) groups excluding carboxylic acids is 7. The van der Waals surface area contributed by atoms with Gasteiger partial charge in [0.05, 0.1) is 0 Å². The summed E-state index contributed by atoms with van der Waals surface area (Å²) in [5.41, 5.74) is 41.3. The molecule has 0 radical (unpaired) electrons. The van der Waals surface area contributed by atoms with Gasteiger partial charge in [0.1, 0.15) is 47.8 Å². The number of aromatic hydroxyl groups is 2. The summed E-state index contributed by atoms with van der Waals surface area (Å²) < 4.78 is 0. The number of aromatic amines is 1. The zero-order valence-corrected chi connectivity index (χ0v) is 45.4. The van der Waals surface area contributed by atoms with Gasteiger partial charge < -0.3 is 87.2 Å². The van der Waals surface area contributed by atoms with E-state index in [0.29, 0.717) is 16.7 Å². The maximum Gasteiger partial charge on any atom is 0.243 e. The maximum absolute atomic E-state index is 14.9. The molecule has 81 heavy (non-hydrogen) atoms. The van der Waals surface area contributed by atoms with E-state index in [1.54, 1.807) is 24.4 Å². The molecule has 6 atom stereocenters. The third-order valence-corrected chi connectivity index (χ3v) is 13.7. The molecule has 3 aromatic carbocycles. The van der Waals surface area contributed by atoms with Crippen LogP contribution >= 0.6 is 0 Å². The molecule has 1 saturated carbocycles. The Kier molecular flexibility index (Phi) is 24.9. The van der Waals surface area contributed by atoms with Crippen molar-refractivity contribution in [2.24, 2.45) is 61.0 Å². The monoisotopic (exact) mass is 1120 g/mol. The number of phenolic OH excluding ortho intramolecular Hbond substituents is 2. The van der Waals surface area contributed by atoms with Crippen LogP contribution in [-0.2, 0) is 52.8 Å². The van der Waals surface area contributed by atoms with Crippen molar-refractivity contribution in [3.05, 3.63) is 95.7 Å². The van der Waals surface area contributed by atoms with Crippen LogP contribution in [0.1, 0.15) is 93.7 Å². The first-order chi connectivity index (χ1) is 38.7. The van der Waals surface area contributed by atoms with Gasteiger partial charge in [0.15, 0.2) is 17.9 Å². The van der Waals surface area contributed by atoms with Gasteiger partial charge in [0.2, 0.25) is 41.4 Å². The average molecular weight is 1120 g/mol. The summed E-state index contributed by atoms with van der Waals surface area (Å²) in [5, 5.41) is 37.6. The van der Waals surface area contributed by atoms with Crippen LogP contribution in [0.25, 0.3) is 10.9 Å². The lowest BCUT2D eigenvalue weighted by atomic mass is 9.87. The smallest absolute Gasteiger partial charge is 0.243 e. The van der Waals surface area contributed by atoms with Crippen LogP contribution in [0.15, 0.2) is 94.0 Å². The van der Waals surface area contributed by atoms with Gasteiger partial charge in [0.25, 0.3) is 0 Å². The number of phenols is 2. The maximum atomic E-state index is 14.9. The number of rotatable bonds is 32. The highest BCUT2D eigenvalue weighted by Gasteiger charge is 2.34. The number of carbonyl (C=O) groups is 7. The van der Waals surface area contributed by atoms with Gasteiger partial charge in [-0.2, -0.15) is 0 Å². The van der Waals surface area contributed by atoms with Crippen molar-refractivity contribution in [3.63, 3.8) is 0 Å². The van der Waals surface area contributed by atoms with Crippen molar-refractivity contribution < 1.29 is 43.8 Å². The van der Waals surface area contributed by atoms with E-state index in [-0.39, 0.29) is 125 Å². The Hall–Kier alpha value is -9.10. The first-order valence-electron chi connectivity index (χ1n) is 27.1. The number of primary amides is 1. The minimum Gasteiger partial charge on any atom is -0.508 e. The lowest BCUT2D eigenvalue weighted by molar-refractivity contribution is -0.135. The van der Waals surface area contributed by atoms with Gasteiger partial charge in [-0.05, 0) is 104 Å². The van der Waals surface area contributed by atoms with Crippen LogP contribution < -0.4 is 72.0 Å². The lowest BCUT2D eigenvalue weighted by Gasteiger charge is -2.28. The van der Waals surface area contributed by atoms with Gasteiger partial charge in [-0.1, -0.05) is 61.7 Å². The first kappa shape index (κ1) is 62.7. The molecule has 23 N–H and O–H groups in total. The summed E-state index contributed by atoms with van der Waals surface area (Å²) in [4.78, 5) is 114. The van der Waals surface area contributed by atoms with Crippen molar-refractivity contribution in [2.75, 3.05) is 19.6 Å². The molecule has 1 aliphatic rings. The zero-order valence-electron chi connectivity index (χ0n) is 45.4. The van der Waals surface area contributed by atoms with Crippen molar-refractivity contribution in [1.82, 2.24) is 36.9 Å². The summed E-state index contributed by atoms with van der Waals surface area (Å²) in [6.45, 7) is 0.327. The standard InChI is InChI=1S/C55H79N17O9/c56-47(76)40(13-6-24-63-53(57)58)68-52(81)45(30-35-31-66-39-12-5-4-11-38(35)39)72-49(78)42(15-8-26-65-55(61)62)69-50(79)43(27-33-16-20-36(73)21-17-33)71-51(80)44(28-34-18-22-37(74)23-19-34)70-48(77)41(14-7-25-64-54(59)60)67-46(75)29-32-9-2-1-3-10-32/h4-5,11-12,16-23,31-32,40-45,66,73-74H,1-3,6-10,13-15,24-30H2,(H2,56,76)(H,67,75)(H,68,81)(H,69,79)(H,70,77)(H,71,80)(H,72,78)(H4,57,58,63)(H4,59,60,64)(H4,61,62,65)/t40-,41-,42-,43-,44-,45-/m0/s1. The second kappa shape index (κ2) is 32.1. The second-order valence-electron chi connectivity index (χ2n) is 20.2. The highest BCUT2D eigenvalue weighted by molar-refractivity contribution is 5.97. The van der Waals surface area contributed by atoms with Gasteiger partial charge in [-0.3, -0.25) is 48.5 Å². The highest BCUT2D eigenvalue weighted by atomic mass is 16.3. The van der Waals surface area contributed by atoms with Crippen LogP contribution in [-0.4, -0.2) is 130 Å². The second-order valence-corrected chi connectivity index (χ2v) is 20.2. The number of aromatic nitrogens is 1. The van der Waals surface area contributed by atoms with E-state index in [2.05, 4.69) is 51.9 Å². The number of fused-ring (bicyclic) bond motifs is 1. The van der Waals surface area contributed by atoms with Crippen LogP contribution in [0.4, 0.5) is 0 Å². The van der Waals surface area contributed by atoms with E-state index in [1.807, 2.05) is 18.2 Å². The molecule has 4 aromatic rings. The van der Waals surface area contributed by atoms with E-state index >= 15 is 0 Å². The molecular formula is C55H79N17O9. The number of nitrogens with one attached hydrogen (secondary N) is 7. The Labute approximate surface area is 469 Å². The van der Waals surface area contributed by atoms with E-state index in [1.165, 1.54) is 36.4 Å². The molecule has 5 rings (SSSR count). The number of nitrogens with two attached hydrogens (primary N) is 7. The number of benzene rings is 3. The predicted molar refractivity (Wildman–Crippen MR) is 307 cm³/mol. The van der Waals surface area contributed by atoms with E-state index in [9.17, 15) is 43.8 Å². The number of aliphatic imine (C=N–C) groups is 3. The highest BCUT2D eigenvalue weighted by Crippen LogP contribution is 2.26. The van der Waals surface area contributed by atoms with Crippen molar-refractivity contribution in [2.45, 2.75) is 133 Å². The minimum absolute atomic E-state index is 0.0318. The Morgan fingerprint density at radius 3 is 1.35 bits per heavy atom. The molecule has 0 saturated heterocycles. The zero-order chi connectivity index (χ0) is 58.8. The molecule has 0 bridgehead atoms. The fraction of sp³-hybridized carbons (Fsp3) is 0.455. The molecule has 0 unspecified atom stereocenters. The molecule has 438 valence electrons. The summed E-state index contributed by atoms with van der Waals surface area (Å²) in [7, 11) is 0. The van der Waals surface area contributed by atoms with Crippen LogP contribution in [0.5, 0.6) is 11.5 Å². The Morgan fingerprint density at radius 2 is 0.889 bits per heavy atom. The molecule has 1 aliphatic carbocycles. The quantitative estimate of drug-likeness (QED) is 0.0161. The molecule has 1 heterocycles. The predicted octanol–water partition coefficient (Wildman–Crippen LogP) is -0.868. The fourth-order valence-corrected chi connectivity index (χ4v) is 9.49. The Morgan fingerprint density at radius 1 is 0.494 bits per heavy atom. The number of H-pyrrole nitrogens is 1. The molecule has 1 fully saturated rings. The van der Waals surface area contributed by atoms with E-state index in [0.717, 1.165) is 43.0 Å². The topological polar surface area (TPSA) is 467 Å². The number of hydrogen-bond acceptors (Lipinski definition) is 12. The summed E-state index contributed by atoms with van der Waals surface area (Å²) in [5.74, 6) is -5.69. The Balaban J connectivity index is 1.46. The van der Waals surface area contributed by atoms with Crippen LogP contribution in [0.2, 0.25) is 0 Å². The van der Waals surface area contributed by atoms with Crippen LogP contribution in [0.3, 0.4) is 0 Å². The third kappa shape index (κ3) is 21.9. The van der Waals surface area contributed by atoms with Crippen molar-refractivity contribution in [1.29, 1.82) is 0 Å². The summed E-state index contributed by atoms with van der Waals surface area (Å²) in [6.07, 6.45) is 7.08. The molecule has 7 amide bonds. The first-order valence-corrected chi connectivity index (χ1v) is 27.1. The fourth-order valence-electron chi connectivity index (χ4n) is 9.49. The van der Waals surface area contributed by atoms with Crippen molar-refractivity contribution in [3.8, 4) is 11.5 Å².